The maximum absolute atomic E-state index is 11.0. The molecule has 112 valence electrons. The number of rotatable bonds is 4. The van der Waals surface area contributed by atoms with Crippen molar-refractivity contribution in [3.05, 3.63) is 40.5 Å². The lowest BCUT2D eigenvalue weighted by molar-refractivity contribution is 0.111. The standard InChI is InChI=1S/C18H22O3/c1-12(2)6-5-8-18(4)9-7-14-16(21-18)10-13(3)15(11-19)17(14)20/h6-7,9-11,20H,5,8H2,1-4H3. The molecule has 0 aromatic heterocycles. The molecule has 0 bridgehead atoms. The van der Waals surface area contributed by atoms with Crippen molar-refractivity contribution in [1.82, 2.24) is 0 Å². The summed E-state index contributed by atoms with van der Waals surface area (Å²) in [6, 6.07) is 1.82. The number of carbonyl (C=O) groups is 1. The molecular weight excluding hydrogens is 264 g/mol. The van der Waals surface area contributed by atoms with Crippen LogP contribution in [0.1, 0.15) is 55.1 Å². The van der Waals surface area contributed by atoms with Crippen LogP contribution in [0.15, 0.2) is 23.8 Å². The zero-order valence-electron chi connectivity index (χ0n) is 13.1. The number of aromatic hydroxyl groups is 1. The number of benzene rings is 1. The lowest BCUT2D eigenvalue weighted by atomic mass is 9.93. The second kappa shape index (κ2) is 5.76. The van der Waals surface area contributed by atoms with Crippen LogP contribution in [0.25, 0.3) is 6.08 Å². The van der Waals surface area contributed by atoms with E-state index in [4.69, 9.17) is 4.74 Å². The van der Waals surface area contributed by atoms with Gasteiger partial charge in [0.2, 0.25) is 0 Å². The molecule has 1 N–H and O–H groups in total. The van der Waals surface area contributed by atoms with E-state index < -0.39 is 0 Å². The van der Waals surface area contributed by atoms with Gasteiger partial charge in [0.05, 0.1) is 11.1 Å². The molecule has 21 heavy (non-hydrogen) atoms. The molecule has 1 heterocycles. The molecule has 2 rings (SSSR count). The molecule has 0 amide bonds. The van der Waals surface area contributed by atoms with Crippen molar-refractivity contribution in [2.24, 2.45) is 0 Å². The minimum atomic E-state index is -0.388. The van der Waals surface area contributed by atoms with E-state index in [2.05, 4.69) is 19.9 Å². The number of hydrogen-bond donors (Lipinski definition) is 1. The first-order valence-corrected chi connectivity index (χ1v) is 7.19. The van der Waals surface area contributed by atoms with Crippen LogP contribution in [0.4, 0.5) is 0 Å². The van der Waals surface area contributed by atoms with E-state index in [-0.39, 0.29) is 11.4 Å². The van der Waals surface area contributed by atoms with E-state index >= 15 is 0 Å². The van der Waals surface area contributed by atoms with Crippen molar-refractivity contribution in [3.8, 4) is 11.5 Å². The summed E-state index contributed by atoms with van der Waals surface area (Å²) in [5.41, 5.74) is 2.55. The van der Waals surface area contributed by atoms with Crippen LogP contribution in [0.2, 0.25) is 0 Å². The highest BCUT2D eigenvalue weighted by Gasteiger charge is 2.29. The van der Waals surface area contributed by atoms with Crippen molar-refractivity contribution in [1.29, 1.82) is 0 Å². The molecule has 1 aromatic rings. The minimum absolute atomic E-state index is 0.00241. The highest BCUT2D eigenvalue weighted by atomic mass is 16.5. The molecule has 0 aliphatic carbocycles. The number of phenolic OH excluding ortho intramolecular Hbond substituents is 1. The molecule has 0 radical (unpaired) electrons. The summed E-state index contributed by atoms with van der Waals surface area (Å²) >= 11 is 0. The predicted octanol–water partition coefficient (Wildman–Crippen LogP) is 4.42. The van der Waals surface area contributed by atoms with Gasteiger partial charge < -0.3 is 9.84 Å². The maximum atomic E-state index is 11.0. The van der Waals surface area contributed by atoms with Gasteiger partial charge in [-0.2, -0.15) is 0 Å². The Balaban J connectivity index is 2.30. The number of hydrogen-bond acceptors (Lipinski definition) is 3. The Morgan fingerprint density at radius 1 is 1.43 bits per heavy atom. The van der Waals surface area contributed by atoms with Crippen LogP contribution >= 0.6 is 0 Å². The van der Waals surface area contributed by atoms with Gasteiger partial charge in [-0.05, 0) is 64.3 Å². The van der Waals surface area contributed by atoms with Crippen molar-refractivity contribution in [2.45, 2.75) is 46.1 Å². The topological polar surface area (TPSA) is 46.5 Å². The largest absolute Gasteiger partial charge is 0.506 e. The Labute approximate surface area is 125 Å². The third-order valence-corrected chi connectivity index (χ3v) is 3.80. The Morgan fingerprint density at radius 3 is 2.76 bits per heavy atom. The highest BCUT2D eigenvalue weighted by Crippen LogP contribution is 2.40. The Hall–Kier alpha value is -2.03. The van der Waals surface area contributed by atoms with E-state index in [0.717, 1.165) is 18.4 Å². The fourth-order valence-corrected chi connectivity index (χ4v) is 2.52. The van der Waals surface area contributed by atoms with Crippen LogP contribution in [0.5, 0.6) is 11.5 Å². The number of phenols is 1. The molecular formula is C18H22O3. The number of fused-ring (bicyclic) bond motifs is 1. The Bertz CT molecular complexity index is 622. The number of allylic oxidation sites excluding steroid dienone is 2. The third kappa shape index (κ3) is 3.18. The molecule has 3 heteroatoms. The van der Waals surface area contributed by atoms with Crippen LogP contribution in [-0.4, -0.2) is 17.0 Å². The molecule has 3 nitrogen and oxygen atoms in total. The molecule has 1 aliphatic rings. The first kappa shape index (κ1) is 15.4. The van der Waals surface area contributed by atoms with Crippen molar-refractivity contribution < 1.29 is 14.6 Å². The van der Waals surface area contributed by atoms with Crippen LogP contribution < -0.4 is 4.74 Å². The molecule has 0 saturated carbocycles. The van der Waals surface area contributed by atoms with Gasteiger partial charge >= 0.3 is 0 Å². The average Bonchev–Trinajstić information content (AvgIpc) is 2.37. The summed E-state index contributed by atoms with van der Waals surface area (Å²) in [5, 5.41) is 10.2. The fraction of sp³-hybridized carbons (Fsp3) is 0.389. The van der Waals surface area contributed by atoms with Gasteiger partial charge in [-0.25, -0.2) is 0 Å². The van der Waals surface area contributed by atoms with Crippen molar-refractivity contribution in [2.75, 3.05) is 0 Å². The SMILES string of the molecule is CC(C)=CCCC1(C)C=Cc2c(cc(C)c(C=O)c2O)O1. The molecule has 1 aliphatic heterocycles. The summed E-state index contributed by atoms with van der Waals surface area (Å²) in [7, 11) is 0. The normalized spacial score (nSPS) is 19.6. The molecule has 1 aromatic carbocycles. The van der Waals surface area contributed by atoms with E-state index in [1.54, 1.807) is 6.92 Å². The average molecular weight is 286 g/mol. The number of aryl methyl sites for hydroxylation is 1. The lowest BCUT2D eigenvalue weighted by Crippen LogP contribution is -2.31. The predicted molar refractivity (Wildman–Crippen MR) is 85.0 cm³/mol. The molecule has 1 unspecified atom stereocenters. The van der Waals surface area contributed by atoms with Crippen LogP contribution in [0, 0.1) is 6.92 Å². The monoisotopic (exact) mass is 286 g/mol. The molecule has 1 atom stereocenters. The number of ether oxygens (including phenoxy) is 1. The summed E-state index contributed by atoms with van der Waals surface area (Å²) < 4.78 is 6.07. The first-order chi connectivity index (χ1) is 9.86. The Morgan fingerprint density at radius 2 is 2.14 bits per heavy atom. The maximum Gasteiger partial charge on any atom is 0.154 e. The number of aldehydes is 1. The van der Waals surface area contributed by atoms with Crippen molar-refractivity contribution in [3.63, 3.8) is 0 Å². The van der Waals surface area contributed by atoms with Gasteiger partial charge in [0, 0.05) is 0 Å². The van der Waals surface area contributed by atoms with Gasteiger partial charge in [-0.1, -0.05) is 11.6 Å². The van der Waals surface area contributed by atoms with Crippen molar-refractivity contribution >= 4 is 12.4 Å². The van der Waals surface area contributed by atoms with Gasteiger partial charge in [0.15, 0.2) is 6.29 Å². The summed E-state index contributed by atoms with van der Waals surface area (Å²) in [4.78, 5) is 11.0. The van der Waals surface area contributed by atoms with E-state index in [0.29, 0.717) is 23.2 Å². The minimum Gasteiger partial charge on any atom is -0.506 e. The summed E-state index contributed by atoms with van der Waals surface area (Å²) in [6.45, 7) is 7.99. The van der Waals surface area contributed by atoms with Crippen LogP contribution in [0.3, 0.4) is 0 Å². The molecule has 0 fully saturated rings. The third-order valence-electron chi connectivity index (χ3n) is 3.80. The summed E-state index contributed by atoms with van der Waals surface area (Å²) in [6.07, 6.45) is 8.48. The zero-order valence-corrected chi connectivity index (χ0v) is 13.1. The van der Waals surface area contributed by atoms with Gasteiger partial charge in [-0.15, -0.1) is 0 Å². The molecule has 0 saturated heterocycles. The van der Waals surface area contributed by atoms with Gasteiger partial charge in [0.1, 0.15) is 17.1 Å². The van der Waals surface area contributed by atoms with Crippen LogP contribution in [-0.2, 0) is 0 Å². The second-order valence-corrected chi connectivity index (χ2v) is 6.05. The zero-order chi connectivity index (χ0) is 15.6. The van der Waals surface area contributed by atoms with E-state index in [9.17, 15) is 9.90 Å². The lowest BCUT2D eigenvalue weighted by Gasteiger charge is -2.32. The smallest absolute Gasteiger partial charge is 0.154 e. The molecule has 0 spiro atoms. The van der Waals surface area contributed by atoms with Gasteiger partial charge in [-0.3, -0.25) is 4.79 Å². The first-order valence-electron chi connectivity index (χ1n) is 7.19. The Kier molecular flexibility index (Phi) is 4.21. The highest BCUT2D eigenvalue weighted by molar-refractivity contribution is 5.86. The summed E-state index contributed by atoms with van der Waals surface area (Å²) in [5.74, 6) is 0.639. The van der Waals surface area contributed by atoms with E-state index in [1.165, 1.54) is 5.57 Å². The fourth-order valence-electron chi connectivity index (χ4n) is 2.52. The number of carbonyl (C=O) groups excluding carboxylic acids is 1. The van der Waals surface area contributed by atoms with Gasteiger partial charge in [0.25, 0.3) is 0 Å². The second-order valence-electron chi connectivity index (χ2n) is 6.05. The van der Waals surface area contributed by atoms with E-state index in [1.807, 2.05) is 25.1 Å². The quantitative estimate of drug-likeness (QED) is 0.658.